The highest BCUT2D eigenvalue weighted by Crippen LogP contribution is 2.36. The molecule has 15 nitrogen and oxygen atoms in total. The first-order valence-corrected chi connectivity index (χ1v) is 18.8. The molecule has 1 aliphatic rings. The number of hydrogen-bond acceptors (Lipinski definition) is 12. The summed E-state index contributed by atoms with van der Waals surface area (Å²) in [6.07, 6.45) is -2.37. The van der Waals surface area contributed by atoms with Gasteiger partial charge >= 0.3 is 23.6 Å². The van der Waals surface area contributed by atoms with Crippen LogP contribution in [0.2, 0.25) is 0 Å². The molecule has 300 valence electrons. The molecule has 0 unspecified atom stereocenters. The fourth-order valence-corrected chi connectivity index (χ4v) is 6.42. The zero-order valence-electron chi connectivity index (χ0n) is 31.5. The van der Waals surface area contributed by atoms with Crippen molar-refractivity contribution in [2.24, 2.45) is 0 Å². The number of ether oxygens (including phenoxy) is 5. The largest absolute Gasteiger partial charge is 0.459 e. The zero-order chi connectivity index (χ0) is 41.0. The van der Waals surface area contributed by atoms with Crippen molar-refractivity contribution >= 4 is 23.6 Å². The van der Waals surface area contributed by atoms with Gasteiger partial charge in [-0.3, -0.25) is 24.5 Å². The number of carbonyl (C=O) groups excluding carboxylic acids is 3. The Bertz CT molecular complexity index is 2300. The van der Waals surface area contributed by atoms with Crippen LogP contribution in [0.4, 0.5) is 5.69 Å². The third-order valence-corrected chi connectivity index (χ3v) is 9.42. The summed E-state index contributed by atoms with van der Waals surface area (Å²) in [4.78, 5) is 80.9. The van der Waals surface area contributed by atoms with Gasteiger partial charge < -0.3 is 23.7 Å². The number of unbranched alkanes of at least 4 members (excludes halogenated alkanes) is 3. The summed E-state index contributed by atoms with van der Waals surface area (Å²) >= 11 is 0. The van der Waals surface area contributed by atoms with Crippen molar-refractivity contribution < 1.29 is 43.0 Å². The lowest BCUT2D eigenvalue weighted by molar-refractivity contribution is -0.384. The van der Waals surface area contributed by atoms with Gasteiger partial charge in [-0.25, -0.2) is 19.2 Å². The third-order valence-electron chi connectivity index (χ3n) is 9.42. The molecule has 4 aromatic carbocycles. The van der Waals surface area contributed by atoms with Gasteiger partial charge in [0, 0.05) is 24.9 Å². The summed E-state index contributed by atoms with van der Waals surface area (Å²) in [7, 11) is 0. The minimum atomic E-state index is -1.56. The van der Waals surface area contributed by atoms with Crippen molar-refractivity contribution in [2.75, 3.05) is 13.2 Å². The van der Waals surface area contributed by atoms with E-state index < -0.39 is 71.3 Å². The van der Waals surface area contributed by atoms with E-state index in [1.807, 2.05) is 0 Å². The Morgan fingerprint density at radius 2 is 1.31 bits per heavy atom. The van der Waals surface area contributed by atoms with Crippen LogP contribution in [0.5, 0.6) is 0 Å². The van der Waals surface area contributed by atoms with Crippen molar-refractivity contribution in [3.8, 4) is 0 Å². The number of H-pyrrole nitrogens is 1. The lowest BCUT2D eigenvalue weighted by atomic mass is 10.0. The number of carbonyl (C=O) groups is 3. The van der Waals surface area contributed by atoms with Gasteiger partial charge in [0.25, 0.3) is 11.2 Å². The molecule has 15 heteroatoms. The van der Waals surface area contributed by atoms with Gasteiger partial charge in [-0.15, -0.1) is 0 Å². The number of nitrogens with one attached hydrogen (secondary N) is 1. The van der Waals surface area contributed by atoms with Crippen LogP contribution in [0.1, 0.15) is 87.1 Å². The number of aromatic amines is 1. The molecule has 1 saturated heterocycles. The molecular weight excluding hydrogens is 750 g/mol. The van der Waals surface area contributed by atoms with E-state index in [2.05, 4.69) is 11.9 Å². The van der Waals surface area contributed by atoms with Crippen LogP contribution in [0.15, 0.2) is 131 Å². The Labute approximate surface area is 332 Å². The third kappa shape index (κ3) is 9.99. The van der Waals surface area contributed by atoms with Gasteiger partial charge in [-0.2, -0.15) is 0 Å². The maximum absolute atomic E-state index is 13.8. The van der Waals surface area contributed by atoms with Crippen molar-refractivity contribution in [3.63, 3.8) is 0 Å². The number of esters is 3. The number of hydrogen-bond donors (Lipinski definition) is 1. The first-order valence-electron chi connectivity index (χ1n) is 18.8. The summed E-state index contributed by atoms with van der Waals surface area (Å²) in [6.45, 7) is 1.77. The van der Waals surface area contributed by atoms with E-state index in [1.54, 1.807) is 66.7 Å². The average molecular weight is 792 g/mol. The number of benzene rings is 4. The fraction of sp³-hybridized carbons (Fsp3) is 0.279. The number of nitrogens with zero attached hydrogens (tertiary/aromatic N) is 2. The molecule has 0 amide bonds. The average Bonchev–Trinajstić information content (AvgIpc) is 3.57. The Hall–Kier alpha value is -6.71. The molecule has 1 fully saturated rings. The standard InChI is InChI=1S/C43H41N3O12/c1-2-3-4-14-25-54-35(28-21-23-32(24-22-28)46(52)53)33-26-45(43(51)44-38(33)47)39-37(58-42(50)31-19-12-7-13-20-31)36(57-41(49)30-17-10-6-11-18-30)34(56-39)27-55-40(48)29-15-8-5-9-16-29/h5-13,15-24,26,34-37,39H,2-4,14,25,27H2,1H3,(H,44,47,51)/t34-,35-,36-,37-,39-/m1/s1. The molecule has 1 aromatic heterocycles. The van der Waals surface area contributed by atoms with Gasteiger partial charge in [0.15, 0.2) is 18.4 Å². The minimum Gasteiger partial charge on any atom is -0.459 e. The molecule has 5 atom stereocenters. The summed E-state index contributed by atoms with van der Waals surface area (Å²) in [5.41, 5.74) is -1.12. The summed E-state index contributed by atoms with van der Waals surface area (Å²) in [6, 6.07) is 29.6. The molecule has 2 heterocycles. The highest BCUT2D eigenvalue weighted by atomic mass is 16.7. The lowest BCUT2D eigenvalue weighted by Gasteiger charge is -2.26. The second-order valence-corrected chi connectivity index (χ2v) is 13.4. The molecule has 0 saturated carbocycles. The monoisotopic (exact) mass is 791 g/mol. The smallest absolute Gasteiger partial charge is 0.338 e. The van der Waals surface area contributed by atoms with Gasteiger partial charge in [0.2, 0.25) is 0 Å². The zero-order valence-corrected chi connectivity index (χ0v) is 31.5. The molecular formula is C43H41N3O12. The van der Waals surface area contributed by atoms with Crippen molar-refractivity contribution in [1.82, 2.24) is 9.55 Å². The van der Waals surface area contributed by atoms with Crippen LogP contribution in [-0.2, 0) is 23.7 Å². The minimum absolute atomic E-state index is 0.0718. The van der Waals surface area contributed by atoms with E-state index in [-0.39, 0.29) is 34.5 Å². The Morgan fingerprint density at radius 1 is 0.759 bits per heavy atom. The van der Waals surface area contributed by atoms with Crippen molar-refractivity contribution in [3.05, 3.63) is 180 Å². The number of nitro benzene ring substituents is 1. The van der Waals surface area contributed by atoms with E-state index in [4.69, 9.17) is 23.7 Å². The van der Waals surface area contributed by atoms with Crippen LogP contribution >= 0.6 is 0 Å². The SMILES string of the molecule is CCCCCCO[C@H](c1ccc([N+](=O)[O-])cc1)c1cn([C@@H]2O[C@H](COC(=O)c3ccccc3)[C@@H](OC(=O)c3ccccc3)[C@H]2OC(=O)c2ccccc2)c(=O)[nH]c1=O. The van der Waals surface area contributed by atoms with Gasteiger partial charge in [0.05, 0.1) is 27.2 Å². The van der Waals surface area contributed by atoms with Crippen LogP contribution in [0, 0.1) is 10.1 Å². The van der Waals surface area contributed by atoms with Crippen LogP contribution in [0.25, 0.3) is 0 Å². The molecule has 1 N–H and O–H groups in total. The number of aromatic nitrogens is 2. The lowest BCUT2D eigenvalue weighted by Crippen LogP contribution is -2.43. The van der Waals surface area contributed by atoms with Crippen LogP contribution in [0.3, 0.4) is 0 Å². The quantitative estimate of drug-likeness (QED) is 0.0362. The van der Waals surface area contributed by atoms with E-state index in [0.717, 1.165) is 23.8 Å². The predicted octanol–water partition coefficient (Wildman–Crippen LogP) is 6.34. The highest BCUT2D eigenvalue weighted by Gasteiger charge is 2.52. The molecule has 0 spiro atoms. The van der Waals surface area contributed by atoms with E-state index in [0.29, 0.717) is 12.0 Å². The van der Waals surface area contributed by atoms with Gasteiger partial charge in [0.1, 0.15) is 18.8 Å². The van der Waals surface area contributed by atoms with Gasteiger partial charge in [-0.1, -0.05) is 80.8 Å². The molecule has 0 aliphatic carbocycles. The number of rotatable bonds is 17. The topological polar surface area (TPSA) is 195 Å². The van der Waals surface area contributed by atoms with Crippen LogP contribution < -0.4 is 11.2 Å². The molecule has 5 aromatic rings. The Balaban J connectivity index is 1.42. The molecule has 0 bridgehead atoms. The first-order chi connectivity index (χ1) is 28.1. The van der Waals surface area contributed by atoms with Crippen molar-refractivity contribution in [1.29, 1.82) is 0 Å². The first kappa shape index (κ1) is 40.9. The maximum atomic E-state index is 13.8. The number of nitro groups is 1. The van der Waals surface area contributed by atoms with Crippen molar-refractivity contribution in [2.45, 2.75) is 63.3 Å². The second kappa shape index (κ2) is 19.4. The van der Waals surface area contributed by atoms with E-state index in [1.165, 1.54) is 54.7 Å². The Kier molecular flexibility index (Phi) is 13.7. The van der Waals surface area contributed by atoms with E-state index >= 15 is 0 Å². The predicted molar refractivity (Wildman–Crippen MR) is 208 cm³/mol. The molecule has 0 radical (unpaired) electrons. The second-order valence-electron chi connectivity index (χ2n) is 13.4. The molecule has 1 aliphatic heterocycles. The number of non-ortho nitro benzene ring substituents is 1. The fourth-order valence-electron chi connectivity index (χ4n) is 6.42. The normalized spacial score (nSPS) is 17.9. The summed E-state index contributed by atoms with van der Waals surface area (Å²) in [5.74, 6) is -2.39. The molecule has 6 rings (SSSR count). The molecule has 58 heavy (non-hydrogen) atoms. The van der Waals surface area contributed by atoms with Crippen LogP contribution in [-0.4, -0.2) is 63.9 Å². The Morgan fingerprint density at radius 3 is 1.86 bits per heavy atom. The summed E-state index contributed by atoms with van der Waals surface area (Å²) < 4.78 is 31.2. The van der Waals surface area contributed by atoms with Gasteiger partial charge in [-0.05, 0) is 60.5 Å². The van der Waals surface area contributed by atoms with E-state index in [9.17, 15) is 34.1 Å². The highest BCUT2D eigenvalue weighted by molar-refractivity contribution is 5.91. The maximum Gasteiger partial charge on any atom is 0.338 e. The summed E-state index contributed by atoms with van der Waals surface area (Å²) in [5, 5.41) is 11.4.